The fourth-order valence-corrected chi connectivity index (χ4v) is 2.40. The zero-order valence-corrected chi connectivity index (χ0v) is 11.3. The predicted octanol–water partition coefficient (Wildman–Crippen LogP) is 4.38. The highest BCUT2D eigenvalue weighted by Gasteiger charge is 2.06. The maximum Gasteiger partial charge on any atom is 0.121 e. The first-order valence-corrected chi connectivity index (χ1v) is 6.39. The van der Waals surface area contributed by atoms with E-state index < -0.39 is 0 Å². The van der Waals surface area contributed by atoms with E-state index in [-0.39, 0.29) is 0 Å². The largest absolute Gasteiger partial charge is 0.507 e. The maximum atomic E-state index is 9.78. The van der Waals surface area contributed by atoms with Gasteiger partial charge in [-0.25, -0.2) is 0 Å². The molecule has 1 aromatic rings. The fourth-order valence-electron chi connectivity index (χ4n) is 2.40. The van der Waals surface area contributed by atoms with E-state index in [0.29, 0.717) is 5.75 Å². The molecule has 0 fully saturated rings. The van der Waals surface area contributed by atoms with Gasteiger partial charge in [0, 0.05) is 0 Å². The Labute approximate surface area is 109 Å². The molecule has 18 heavy (non-hydrogen) atoms. The Bertz CT molecular complexity index is 522. The van der Waals surface area contributed by atoms with Crippen LogP contribution in [-0.2, 0) is 6.42 Å². The highest BCUT2D eigenvalue weighted by atomic mass is 16.3. The van der Waals surface area contributed by atoms with E-state index >= 15 is 0 Å². The van der Waals surface area contributed by atoms with Crippen molar-refractivity contribution in [2.75, 3.05) is 0 Å². The first-order chi connectivity index (χ1) is 8.58. The molecule has 0 unspecified atom stereocenters. The Morgan fingerprint density at radius 3 is 2.39 bits per heavy atom. The number of allylic oxidation sites excluding steroid dienone is 6. The minimum atomic E-state index is 0.421. The molecule has 0 amide bonds. The van der Waals surface area contributed by atoms with Crippen molar-refractivity contribution in [1.82, 2.24) is 0 Å². The third-order valence-electron chi connectivity index (χ3n) is 3.45. The molecule has 0 aliphatic heterocycles. The van der Waals surface area contributed by atoms with Crippen LogP contribution in [0.5, 0.6) is 5.75 Å². The average molecular weight is 240 g/mol. The van der Waals surface area contributed by atoms with Gasteiger partial charge in [-0.1, -0.05) is 42.0 Å². The van der Waals surface area contributed by atoms with Crippen LogP contribution in [0, 0.1) is 13.8 Å². The molecule has 2 rings (SSSR count). The molecule has 0 saturated heterocycles. The van der Waals surface area contributed by atoms with E-state index in [1.165, 1.54) is 16.7 Å². The highest BCUT2D eigenvalue weighted by molar-refractivity contribution is 5.44. The molecule has 1 aliphatic carbocycles. The van der Waals surface area contributed by atoms with Gasteiger partial charge in [0.1, 0.15) is 5.75 Å². The molecule has 1 nitrogen and oxygen atoms in total. The van der Waals surface area contributed by atoms with Crippen LogP contribution in [-0.4, -0.2) is 5.11 Å². The summed E-state index contributed by atoms with van der Waals surface area (Å²) in [5.74, 6) is 0.421. The van der Waals surface area contributed by atoms with E-state index in [2.05, 4.69) is 43.4 Å². The number of rotatable bonds is 2. The number of hydrogen-bond donors (Lipinski definition) is 1. The second kappa shape index (κ2) is 5.26. The van der Waals surface area contributed by atoms with Gasteiger partial charge in [0.25, 0.3) is 0 Å². The summed E-state index contributed by atoms with van der Waals surface area (Å²) >= 11 is 0. The maximum absolute atomic E-state index is 9.78. The van der Waals surface area contributed by atoms with Crippen molar-refractivity contribution in [3.8, 4) is 5.75 Å². The van der Waals surface area contributed by atoms with Gasteiger partial charge >= 0.3 is 0 Å². The number of phenols is 1. The summed E-state index contributed by atoms with van der Waals surface area (Å²) < 4.78 is 0. The molecule has 1 N–H and O–H groups in total. The molecule has 0 saturated carbocycles. The van der Waals surface area contributed by atoms with Crippen LogP contribution in [0.4, 0.5) is 0 Å². The van der Waals surface area contributed by atoms with Crippen molar-refractivity contribution in [1.29, 1.82) is 0 Å². The van der Waals surface area contributed by atoms with Crippen LogP contribution in [0.1, 0.15) is 30.0 Å². The zero-order chi connectivity index (χ0) is 13.1. The smallest absolute Gasteiger partial charge is 0.121 e. The Morgan fingerprint density at radius 1 is 1.17 bits per heavy atom. The molecule has 0 aromatic heterocycles. The molecular weight excluding hydrogens is 220 g/mol. The monoisotopic (exact) mass is 240 g/mol. The van der Waals surface area contributed by atoms with Crippen LogP contribution in [0.3, 0.4) is 0 Å². The van der Waals surface area contributed by atoms with Gasteiger partial charge in [-0.15, -0.1) is 0 Å². The molecule has 0 heterocycles. The lowest BCUT2D eigenvalue weighted by molar-refractivity contribution is 0.466. The minimum Gasteiger partial charge on any atom is -0.507 e. The fraction of sp³-hybridized carbons (Fsp3) is 0.294. The molecule has 94 valence electrons. The quantitative estimate of drug-likeness (QED) is 0.813. The van der Waals surface area contributed by atoms with Gasteiger partial charge in [-0.2, -0.15) is 0 Å². The predicted molar refractivity (Wildman–Crippen MR) is 76.9 cm³/mol. The van der Waals surface area contributed by atoms with Crippen LogP contribution in [0.15, 0.2) is 47.6 Å². The van der Waals surface area contributed by atoms with Crippen LogP contribution >= 0.6 is 0 Å². The first kappa shape index (κ1) is 12.7. The summed E-state index contributed by atoms with van der Waals surface area (Å²) in [5.41, 5.74) is 6.00. The number of aromatic hydroxyl groups is 1. The van der Waals surface area contributed by atoms with Gasteiger partial charge in [0.2, 0.25) is 0 Å². The van der Waals surface area contributed by atoms with Gasteiger partial charge in [0.05, 0.1) is 0 Å². The molecule has 0 spiro atoms. The Morgan fingerprint density at radius 2 is 1.83 bits per heavy atom. The zero-order valence-electron chi connectivity index (χ0n) is 11.3. The van der Waals surface area contributed by atoms with Crippen molar-refractivity contribution >= 4 is 0 Å². The standard InChI is InChI=1S/C17H20O/c1-12(16-7-5-4-6-8-16)9-15-10-13(2)17(18)14(3)11-15/h4-7,10-11,18H,8-9H2,1-3H3. The lowest BCUT2D eigenvalue weighted by atomic mass is 9.95. The summed E-state index contributed by atoms with van der Waals surface area (Å²) in [7, 11) is 0. The SMILES string of the molecule is CC(Cc1cc(C)c(O)c(C)c1)=C1C=CC=CC1. The summed E-state index contributed by atoms with van der Waals surface area (Å²) in [5, 5.41) is 9.78. The number of aryl methyl sites for hydroxylation is 2. The van der Waals surface area contributed by atoms with Crippen LogP contribution in [0.2, 0.25) is 0 Å². The normalized spacial score (nSPS) is 17.1. The molecule has 1 aliphatic rings. The van der Waals surface area contributed by atoms with E-state index in [1.54, 1.807) is 0 Å². The van der Waals surface area contributed by atoms with Crippen molar-refractivity contribution in [3.63, 3.8) is 0 Å². The Balaban J connectivity index is 2.24. The third kappa shape index (κ3) is 2.73. The first-order valence-electron chi connectivity index (χ1n) is 6.39. The summed E-state index contributed by atoms with van der Waals surface area (Å²) in [6, 6.07) is 4.16. The lowest BCUT2D eigenvalue weighted by Gasteiger charge is -2.11. The van der Waals surface area contributed by atoms with Crippen molar-refractivity contribution in [3.05, 3.63) is 64.3 Å². The van der Waals surface area contributed by atoms with Crippen molar-refractivity contribution < 1.29 is 5.11 Å². The molecule has 0 radical (unpaired) electrons. The van der Waals surface area contributed by atoms with E-state index in [9.17, 15) is 5.11 Å². The highest BCUT2D eigenvalue weighted by Crippen LogP contribution is 2.25. The minimum absolute atomic E-state index is 0.421. The molecule has 0 atom stereocenters. The second-order valence-corrected chi connectivity index (χ2v) is 5.05. The van der Waals surface area contributed by atoms with E-state index in [4.69, 9.17) is 0 Å². The van der Waals surface area contributed by atoms with Gasteiger partial charge in [-0.3, -0.25) is 0 Å². The molecular formula is C17H20O. The van der Waals surface area contributed by atoms with E-state index in [0.717, 1.165) is 24.0 Å². The second-order valence-electron chi connectivity index (χ2n) is 5.05. The summed E-state index contributed by atoms with van der Waals surface area (Å²) in [6.07, 6.45) is 10.5. The average Bonchev–Trinajstić information content (AvgIpc) is 2.37. The Hall–Kier alpha value is -1.76. The van der Waals surface area contributed by atoms with E-state index in [1.807, 2.05) is 13.8 Å². The molecule has 0 bridgehead atoms. The van der Waals surface area contributed by atoms with Gasteiger partial charge in [0.15, 0.2) is 0 Å². The van der Waals surface area contributed by atoms with Gasteiger partial charge in [-0.05, 0) is 55.9 Å². The topological polar surface area (TPSA) is 20.2 Å². The summed E-state index contributed by atoms with van der Waals surface area (Å²) in [6.45, 7) is 6.10. The number of benzene rings is 1. The van der Waals surface area contributed by atoms with Crippen LogP contribution in [0.25, 0.3) is 0 Å². The lowest BCUT2D eigenvalue weighted by Crippen LogP contribution is -1.95. The van der Waals surface area contributed by atoms with Gasteiger partial charge < -0.3 is 5.11 Å². The number of phenolic OH excluding ortho intramolecular Hbond substituents is 1. The third-order valence-corrected chi connectivity index (χ3v) is 3.45. The van der Waals surface area contributed by atoms with Crippen LogP contribution < -0.4 is 0 Å². The number of hydrogen-bond acceptors (Lipinski definition) is 1. The van der Waals surface area contributed by atoms with Crippen molar-refractivity contribution in [2.24, 2.45) is 0 Å². The molecule has 1 aromatic carbocycles. The summed E-state index contributed by atoms with van der Waals surface area (Å²) in [4.78, 5) is 0. The Kier molecular flexibility index (Phi) is 3.71. The van der Waals surface area contributed by atoms with Crippen molar-refractivity contribution in [2.45, 2.75) is 33.6 Å². The molecule has 1 heteroatoms.